The zero-order valence-corrected chi connectivity index (χ0v) is 16.2. The van der Waals surface area contributed by atoms with E-state index in [0.717, 1.165) is 56.5 Å². The van der Waals surface area contributed by atoms with E-state index in [1.165, 1.54) is 10.7 Å². The number of carbonyl (C=O) groups is 2. The molecule has 146 valence electrons. The molecule has 3 aliphatic rings. The highest BCUT2D eigenvalue weighted by molar-refractivity contribution is 6.31. The molecule has 0 bridgehead atoms. The summed E-state index contributed by atoms with van der Waals surface area (Å²) in [5.74, 6) is -0.150. The lowest BCUT2D eigenvalue weighted by Gasteiger charge is -2.39. The lowest BCUT2D eigenvalue weighted by Crippen LogP contribution is -2.55. The topological polar surface area (TPSA) is 56.3 Å². The number of halogens is 1. The number of rotatable bonds is 4. The number of hydrazine groups is 1. The number of carbonyl (C=O) groups excluding carboxylic acids is 2. The third-order valence-corrected chi connectivity index (χ3v) is 5.84. The Bertz CT molecular complexity index is 699. The minimum absolute atomic E-state index is 0.0749. The molecule has 0 radical (unpaired) electrons. The predicted octanol–water partition coefficient (Wildman–Crippen LogP) is 1.36. The van der Waals surface area contributed by atoms with Crippen molar-refractivity contribution in [1.82, 2.24) is 14.9 Å². The number of nitrogens with zero attached hydrogens (tertiary/aromatic N) is 4. The second-order valence-electron chi connectivity index (χ2n) is 7.17. The van der Waals surface area contributed by atoms with Gasteiger partial charge in [-0.3, -0.25) is 14.5 Å². The third-order valence-electron chi connectivity index (χ3n) is 5.48. The van der Waals surface area contributed by atoms with Gasteiger partial charge in [0.25, 0.3) is 0 Å². The average molecular weight is 393 g/mol. The summed E-state index contributed by atoms with van der Waals surface area (Å²) in [6.45, 7) is 6.94. The summed E-state index contributed by atoms with van der Waals surface area (Å²) in [7, 11) is 0. The van der Waals surface area contributed by atoms with Crippen LogP contribution < -0.4 is 4.90 Å². The number of hydrogen-bond donors (Lipinski definition) is 0. The van der Waals surface area contributed by atoms with Gasteiger partial charge in [0.2, 0.25) is 11.8 Å². The summed E-state index contributed by atoms with van der Waals surface area (Å²) in [6.07, 6.45) is 0.670. The minimum Gasteiger partial charge on any atom is -0.378 e. The van der Waals surface area contributed by atoms with Gasteiger partial charge in [-0.1, -0.05) is 17.7 Å². The van der Waals surface area contributed by atoms with Crippen molar-refractivity contribution >= 4 is 29.1 Å². The Hall–Kier alpha value is -1.67. The first-order chi connectivity index (χ1) is 13.1. The highest BCUT2D eigenvalue weighted by Gasteiger charge is 2.35. The van der Waals surface area contributed by atoms with Crippen molar-refractivity contribution in [3.63, 3.8) is 0 Å². The summed E-state index contributed by atoms with van der Waals surface area (Å²) >= 11 is 6.55. The fraction of sp³-hybridized carbons (Fsp3) is 0.579. The first-order valence-corrected chi connectivity index (χ1v) is 9.94. The monoisotopic (exact) mass is 392 g/mol. The normalized spacial score (nSPS) is 22.7. The molecule has 8 heteroatoms. The lowest BCUT2D eigenvalue weighted by atomic mass is 10.1. The molecule has 3 fully saturated rings. The molecule has 27 heavy (non-hydrogen) atoms. The molecular weight excluding hydrogens is 368 g/mol. The molecule has 0 spiro atoms. The number of hydrogen-bond acceptors (Lipinski definition) is 6. The SMILES string of the molecule is O=C1CCC(=O)N1N1CCN(Cc2c(Cl)cccc2N2CCOCC2)CC1. The molecule has 4 rings (SSSR count). The molecule has 3 aliphatic heterocycles. The maximum atomic E-state index is 11.9. The van der Waals surface area contributed by atoms with Gasteiger partial charge in [0.1, 0.15) is 0 Å². The summed E-state index contributed by atoms with van der Waals surface area (Å²) in [5, 5.41) is 4.03. The molecule has 0 N–H and O–H groups in total. The molecule has 1 aromatic rings. The van der Waals surface area contributed by atoms with Crippen LogP contribution in [0.4, 0.5) is 5.69 Å². The number of morpholine rings is 1. The van der Waals surface area contributed by atoms with Crippen molar-refractivity contribution in [2.45, 2.75) is 19.4 Å². The number of anilines is 1. The predicted molar refractivity (Wildman–Crippen MR) is 102 cm³/mol. The van der Waals surface area contributed by atoms with Crippen LogP contribution in [0.2, 0.25) is 5.02 Å². The van der Waals surface area contributed by atoms with Crippen molar-refractivity contribution in [3.8, 4) is 0 Å². The highest BCUT2D eigenvalue weighted by Crippen LogP contribution is 2.30. The minimum atomic E-state index is -0.0749. The van der Waals surface area contributed by atoms with Crippen LogP contribution in [-0.4, -0.2) is 79.2 Å². The first-order valence-electron chi connectivity index (χ1n) is 9.56. The Labute approximate surface area is 164 Å². The molecule has 0 aromatic heterocycles. The van der Waals surface area contributed by atoms with Gasteiger partial charge in [-0.05, 0) is 12.1 Å². The Morgan fingerprint density at radius 2 is 1.59 bits per heavy atom. The van der Waals surface area contributed by atoms with Gasteiger partial charge in [-0.15, -0.1) is 0 Å². The van der Waals surface area contributed by atoms with E-state index >= 15 is 0 Å². The van der Waals surface area contributed by atoms with E-state index in [1.54, 1.807) is 0 Å². The molecule has 2 amide bonds. The molecular formula is C19H25ClN4O3. The van der Waals surface area contributed by atoms with E-state index in [9.17, 15) is 9.59 Å². The van der Waals surface area contributed by atoms with E-state index in [-0.39, 0.29) is 11.8 Å². The molecule has 3 saturated heterocycles. The van der Waals surface area contributed by atoms with E-state index in [2.05, 4.69) is 15.9 Å². The largest absolute Gasteiger partial charge is 0.378 e. The molecule has 0 saturated carbocycles. The van der Waals surface area contributed by atoms with Crippen molar-refractivity contribution in [2.75, 3.05) is 57.4 Å². The van der Waals surface area contributed by atoms with Gasteiger partial charge in [-0.2, -0.15) is 0 Å². The Kier molecular flexibility index (Phi) is 5.63. The second kappa shape index (κ2) is 8.14. The Morgan fingerprint density at radius 1 is 0.926 bits per heavy atom. The van der Waals surface area contributed by atoms with Crippen LogP contribution >= 0.6 is 11.6 Å². The second-order valence-corrected chi connectivity index (χ2v) is 7.57. The van der Waals surface area contributed by atoms with Crippen LogP contribution in [0.3, 0.4) is 0 Å². The van der Waals surface area contributed by atoms with E-state index in [4.69, 9.17) is 16.3 Å². The summed E-state index contributed by atoms with van der Waals surface area (Å²) in [6, 6.07) is 6.07. The van der Waals surface area contributed by atoms with Gasteiger partial charge in [-0.25, -0.2) is 10.0 Å². The quantitative estimate of drug-likeness (QED) is 0.721. The highest BCUT2D eigenvalue weighted by atomic mass is 35.5. The molecule has 1 aromatic carbocycles. The summed E-state index contributed by atoms with van der Waals surface area (Å²) in [4.78, 5) is 28.6. The van der Waals surface area contributed by atoms with Crippen LogP contribution in [0.15, 0.2) is 18.2 Å². The van der Waals surface area contributed by atoms with Gasteiger partial charge < -0.3 is 9.64 Å². The molecule has 0 aliphatic carbocycles. The van der Waals surface area contributed by atoms with Gasteiger partial charge in [0.15, 0.2) is 0 Å². The third kappa shape index (κ3) is 3.96. The van der Waals surface area contributed by atoms with Crippen LogP contribution in [0.5, 0.6) is 0 Å². The molecule has 0 unspecified atom stereocenters. The summed E-state index contributed by atoms with van der Waals surface area (Å²) in [5.41, 5.74) is 2.32. The first kappa shape index (κ1) is 18.7. The van der Waals surface area contributed by atoms with E-state index in [0.29, 0.717) is 25.9 Å². The Morgan fingerprint density at radius 3 is 2.26 bits per heavy atom. The van der Waals surface area contributed by atoms with E-state index < -0.39 is 0 Å². The number of imide groups is 1. The summed E-state index contributed by atoms with van der Waals surface area (Å²) < 4.78 is 5.47. The zero-order chi connectivity index (χ0) is 18.8. The zero-order valence-electron chi connectivity index (χ0n) is 15.4. The van der Waals surface area contributed by atoms with Crippen molar-refractivity contribution in [3.05, 3.63) is 28.8 Å². The van der Waals surface area contributed by atoms with Crippen LogP contribution in [0.1, 0.15) is 18.4 Å². The van der Waals surface area contributed by atoms with Crippen LogP contribution in [0.25, 0.3) is 0 Å². The number of piperazine rings is 1. The fourth-order valence-corrected chi connectivity index (χ4v) is 4.23. The fourth-order valence-electron chi connectivity index (χ4n) is 4.00. The number of amides is 2. The Balaban J connectivity index is 1.42. The maximum absolute atomic E-state index is 11.9. The molecule has 3 heterocycles. The van der Waals surface area contributed by atoms with Crippen molar-refractivity contribution < 1.29 is 14.3 Å². The van der Waals surface area contributed by atoms with E-state index in [1.807, 2.05) is 17.1 Å². The number of benzene rings is 1. The smallest absolute Gasteiger partial charge is 0.244 e. The van der Waals surface area contributed by atoms with Crippen LogP contribution in [-0.2, 0) is 20.9 Å². The molecule has 7 nitrogen and oxygen atoms in total. The maximum Gasteiger partial charge on any atom is 0.244 e. The standard InChI is InChI=1S/C19H25ClN4O3/c20-16-2-1-3-17(22-10-12-27-13-11-22)15(16)14-21-6-8-23(9-7-21)24-18(25)4-5-19(24)26/h1-3H,4-14H2. The van der Waals surface area contributed by atoms with Gasteiger partial charge >= 0.3 is 0 Å². The van der Waals surface area contributed by atoms with Crippen molar-refractivity contribution in [1.29, 1.82) is 0 Å². The average Bonchev–Trinajstić information content (AvgIpc) is 3.03. The number of ether oxygens (including phenoxy) is 1. The lowest BCUT2D eigenvalue weighted by molar-refractivity contribution is -0.160. The van der Waals surface area contributed by atoms with Crippen LogP contribution in [0, 0.1) is 0 Å². The van der Waals surface area contributed by atoms with Gasteiger partial charge in [0.05, 0.1) is 13.2 Å². The van der Waals surface area contributed by atoms with Gasteiger partial charge in [0, 0.05) is 74.9 Å². The van der Waals surface area contributed by atoms with Crippen molar-refractivity contribution in [2.24, 2.45) is 0 Å². The molecule has 0 atom stereocenters.